The van der Waals surface area contributed by atoms with Crippen molar-refractivity contribution >= 4 is 20.4 Å². The van der Waals surface area contributed by atoms with E-state index in [2.05, 4.69) is 117 Å². The molecule has 0 bridgehead atoms. The average Bonchev–Trinajstić information content (AvgIpc) is 3.34. The van der Waals surface area contributed by atoms with Crippen molar-refractivity contribution in [2.75, 3.05) is 20.3 Å². The molecule has 0 aromatic carbocycles. The minimum Gasteiger partial charge on any atom is -0.408 e. The number of fused-ring (bicyclic) bond motifs is 7. The highest BCUT2D eigenvalue weighted by atomic mass is 28.4. The van der Waals surface area contributed by atoms with E-state index in [1.165, 1.54) is 11.9 Å². The Kier molecular flexibility index (Phi) is 16.7. The van der Waals surface area contributed by atoms with Crippen molar-refractivity contribution in [2.24, 2.45) is 85.8 Å². The summed E-state index contributed by atoms with van der Waals surface area (Å²) in [5, 5.41) is 0. The maximum Gasteiger partial charge on any atom is 0.192 e. The van der Waals surface area contributed by atoms with Crippen LogP contribution in [0.5, 0.6) is 0 Å². The topological polar surface area (TPSA) is 108 Å². The van der Waals surface area contributed by atoms with E-state index in [1.54, 1.807) is 0 Å². The van der Waals surface area contributed by atoms with Crippen LogP contribution in [0.2, 0.25) is 18.1 Å². The third-order valence-electron chi connectivity index (χ3n) is 24.0. The van der Waals surface area contributed by atoms with Crippen LogP contribution in [-0.4, -0.2) is 96.2 Å². The summed E-state index contributed by atoms with van der Waals surface area (Å²) in [4.78, 5) is 28.3. The Balaban J connectivity index is 1.12. The van der Waals surface area contributed by atoms with Crippen LogP contribution in [-0.2, 0) is 47.2 Å². The molecule has 0 N–H and O–H groups in total. The maximum atomic E-state index is 14.2. The second-order valence-corrected chi connectivity index (χ2v) is 32.4. The predicted molar refractivity (Wildman–Crippen MR) is 286 cm³/mol. The molecule has 4 saturated carbocycles. The minimum atomic E-state index is -2.10. The van der Waals surface area contributed by atoms with E-state index in [9.17, 15) is 9.59 Å². The number of allylic oxidation sites excluding steroid dienone is 2. The molecule has 0 aromatic rings. The first-order valence-corrected chi connectivity index (χ1v) is 32.1. The monoisotopic (exact) mass is 1020 g/mol. The van der Waals surface area contributed by atoms with Gasteiger partial charge in [-0.1, -0.05) is 122 Å². The van der Waals surface area contributed by atoms with Crippen LogP contribution in [0.25, 0.3) is 0 Å². The van der Waals surface area contributed by atoms with E-state index in [0.29, 0.717) is 42.7 Å². The second-order valence-electron chi connectivity index (χ2n) is 27.7. The zero-order chi connectivity index (χ0) is 52.7. The Morgan fingerprint density at radius 3 is 1.99 bits per heavy atom. The number of hydrogen-bond acceptors (Lipinski definition) is 10. The Hall–Kier alpha value is -1.02. The van der Waals surface area contributed by atoms with Gasteiger partial charge in [-0.05, 0) is 152 Å². The fourth-order valence-electron chi connectivity index (χ4n) is 18.0. The highest BCUT2D eigenvalue weighted by molar-refractivity contribution is 6.73. The molecular formula is C61H104O10Si. The minimum absolute atomic E-state index is 0.00928. The lowest BCUT2D eigenvalue weighted by atomic mass is 9.33. The normalized spacial score (nSPS) is 50.4. The molecule has 0 spiro atoms. The molecular weight excluding hydrogens is 921 g/mol. The van der Waals surface area contributed by atoms with Crippen molar-refractivity contribution in [2.45, 2.75) is 256 Å². The lowest BCUT2D eigenvalue weighted by Crippen LogP contribution is -2.68. The summed E-state index contributed by atoms with van der Waals surface area (Å²) >= 11 is 0. The van der Waals surface area contributed by atoms with Gasteiger partial charge in [0.25, 0.3) is 0 Å². The van der Waals surface area contributed by atoms with E-state index in [1.807, 2.05) is 14.0 Å². The van der Waals surface area contributed by atoms with Gasteiger partial charge >= 0.3 is 0 Å². The lowest BCUT2D eigenvalue weighted by molar-refractivity contribution is -0.370. The van der Waals surface area contributed by atoms with Crippen LogP contribution in [0.1, 0.15) is 182 Å². The number of Topliss-reactive ketones (excluding diaryl/α,β-unsaturated/α-hetero) is 1. The average molecular weight is 1030 g/mol. The first-order valence-electron chi connectivity index (χ1n) is 29.6. The van der Waals surface area contributed by atoms with Crippen molar-refractivity contribution in [1.82, 2.24) is 0 Å². The molecule has 11 heteroatoms. The van der Waals surface area contributed by atoms with Gasteiger partial charge in [-0.3, -0.25) is 4.79 Å². The first-order chi connectivity index (χ1) is 33.8. The van der Waals surface area contributed by atoms with Crippen LogP contribution in [0.3, 0.4) is 0 Å². The summed E-state index contributed by atoms with van der Waals surface area (Å²) in [6, 6.07) is 3.10. The number of aldehydes is 1. The third kappa shape index (κ3) is 9.12. The molecule has 5 aliphatic carbocycles. The number of carbonyl (C=O) groups excluding carboxylic acids is 2. The molecule has 23 atom stereocenters. The number of rotatable bonds is 15. The van der Waals surface area contributed by atoms with E-state index in [-0.39, 0.29) is 69.6 Å². The molecule has 3 aliphatic heterocycles. The summed E-state index contributed by atoms with van der Waals surface area (Å²) in [6.45, 7) is 40.3. The van der Waals surface area contributed by atoms with Crippen LogP contribution < -0.4 is 0 Å². The van der Waals surface area contributed by atoms with Crippen molar-refractivity contribution in [3.8, 4) is 0 Å². The molecule has 412 valence electrons. The second kappa shape index (κ2) is 21.0. The Bertz CT molecular complexity index is 1950. The number of ketones is 1. The van der Waals surface area contributed by atoms with Crippen molar-refractivity contribution in [1.29, 1.82) is 0 Å². The predicted octanol–water partition coefficient (Wildman–Crippen LogP) is 13.4. The molecule has 72 heavy (non-hydrogen) atoms. The highest BCUT2D eigenvalue weighted by Crippen LogP contribution is 2.76. The highest BCUT2D eigenvalue weighted by Gasteiger charge is 2.72. The molecule has 0 aromatic heterocycles. The van der Waals surface area contributed by atoms with Gasteiger partial charge in [-0.25, -0.2) is 0 Å². The standard InChI is InChI=1S/C61H104O10Si/c1-19-45-39(8)40(9)51(71-72(20-2,21-3)22-4)55(67-45)70-52-50(69-53-41(10)38(7)36(5)33-65-53)37(6)34-66-54(52)68-48-26-27-57(14)46(58(48,15)35-62)25-28-59(16)47(57)24-23-43-44-31-56(12,13)29-30-61(44,42(11)63)49(64-18)32-60(43,59)17/h23,35-41,44-55H,19-22,24-34H2,1-18H3/t36-,37-,38+,39-,40+,41?,44?,45?,46-,47?,48+,49?,50+,51?,52?,53+,54+,55+,57?,58-,59?,60-,61-/m1/s1. The smallest absolute Gasteiger partial charge is 0.192 e. The van der Waals surface area contributed by atoms with Crippen molar-refractivity contribution in [3.63, 3.8) is 0 Å². The number of methoxy groups -OCH3 is 1. The molecule has 8 aliphatic rings. The Morgan fingerprint density at radius 1 is 0.708 bits per heavy atom. The zero-order valence-corrected chi connectivity index (χ0v) is 49.7. The molecule has 7 fully saturated rings. The molecule has 0 radical (unpaired) electrons. The van der Waals surface area contributed by atoms with Crippen LogP contribution in [0.4, 0.5) is 0 Å². The van der Waals surface area contributed by atoms with E-state index < -0.39 is 56.3 Å². The number of ether oxygens (including phenoxy) is 7. The Morgan fingerprint density at radius 2 is 1.36 bits per heavy atom. The third-order valence-corrected chi connectivity index (χ3v) is 28.6. The summed E-state index contributed by atoms with van der Waals surface area (Å²) < 4.78 is 56.7. The summed E-state index contributed by atoms with van der Waals surface area (Å²) in [5.74, 6) is 2.43. The summed E-state index contributed by atoms with van der Waals surface area (Å²) in [7, 11) is -0.251. The van der Waals surface area contributed by atoms with Gasteiger partial charge in [0.1, 0.15) is 18.2 Å². The van der Waals surface area contributed by atoms with E-state index in [4.69, 9.17) is 37.6 Å². The molecule has 10 nitrogen and oxygen atoms in total. The fraction of sp³-hybridized carbons (Fsp3) is 0.934. The fourth-order valence-corrected chi connectivity index (χ4v) is 20.9. The van der Waals surface area contributed by atoms with Crippen LogP contribution in [0, 0.1) is 85.8 Å². The van der Waals surface area contributed by atoms with Gasteiger partial charge in [0.15, 0.2) is 27.2 Å². The SMILES string of the molecule is CCC1O[C@@H](OC2[C@H](O[C@H]3CCC4(C)C5CC=C6C7CC(C)(C)CC[C@]7(C(C)=O)C(OC)C[C@@]6(C)C5(C)CC[C@H]4[C@@]3(C)C=O)OC[C@@H](C)[C@@H]2O[C@@H]2OC[C@@H](C)[C@H](C)C2C)C(O[Si](CC)(CC)CC)[C@@H](C)[C@H]1C. The maximum absolute atomic E-state index is 14.2. The van der Waals surface area contributed by atoms with Crippen molar-refractivity contribution < 1.29 is 47.2 Å². The van der Waals surface area contributed by atoms with Gasteiger partial charge in [-0.2, -0.15) is 0 Å². The number of carbonyl (C=O) groups is 2. The largest absolute Gasteiger partial charge is 0.408 e. The first kappa shape index (κ1) is 57.2. The van der Waals surface area contributed by atoms with Gasteiger partial charge < -0.3 is 42.4 Å². The zero-order valence-electron chi connectivity index (χ0n) is 48.7. The lowest BCUT2D eigenvalue weighted by Gasteiger charge is -2.72. The number of hydrogen-bond donors (Lipinski definition) is 0. The van der Waals surface area contributed by atoms with E-state index in [0.717, 1.165) is 82.3 Å². The molecule has 8 rings (SSSR count). The molecule has 0 amide bonds. The van der Waals surface area contributed by atoms with E-state index >= 15 is 0 Å². The van der Waals surface area contributed by atoms with Crippen LogP contribution in [0.15, 0.2) is 11.6 Å². The van der Waals surface area contributed by atoms with Gasteiger partial charge in [-0.15, -0.1) is 0 Å². The summed E-state index contributed by atoms with van der Waals surface area (Å²) in [6.07, 6.45) is 9.39. The molecule has 9 unspecified atom stereocenters. The molecule has 3 heterocycles. The Labute approximate surface area is 439 Å². The molecule has 3 saturated heterocycles. The van der Waals surface area contributed by atoms with Gasteiger partial charge in [0, 0.05) is 18.9 Å². The van der Waals surface area contributed by atoms with Gasteiger partial charge in [0.05, 0.1) is 54.6 Å². The van der Waals surface area contributed by atoms with Crippen LogP contribution >= 0.6 is 0 Å². The quantitative estimate of drug-likeness (QED) is 0.0681. The van der Waals surface area contributed by atoms with Gasteiger partial charge in [0.2, 0.25) is 0 Å². The van der Waals surface area contributed by atoms with Crippen molar-refractivity contribution in [3.05, 3.63) is 11.6 Å². The summed E-state index contributed by atoms with van der Waals surface area (Å²) in [5.41, 5.74) is 0.106.